The Morgan fingerprint density at radius 3 is 3.21 bits per heavy atom. The van der Waals surface area contributed by atoms with Crippen LogP contribution in [0.5, 0.6) is 0 Å². The third-order valence-electron chi connectivity index (χ3n) is 3.39. The van der Waals surface area contributed by atoms with E-state index in [-0.39, 0.29) is 6.42 Å². The number of hydrogen-bond acceptors (Lipinski definition) is 5. The Bertz CT molecular complexity index is 605. The second-order valence-corrected chi connectivity index (χ2v) is 6.45. The summed E-state index contributed by atoms with van der Waals surface area (Å²) in [5.74, 6) is -0.830. The monoisotopic (exact) mass is 294 g/mol. The first kappa shape index (κ1) is 12.6. The summed E-state index contributed by atoms with van der Waals surface area (Å²) in [5.41, 5.74) is 2.03. The van der Waals surface area contributed by atoms with Gasteiger partial charge in [-0.15, -0.1) is 22.7 Å². The van der Waals surface area contributed by atoms with Crippen LogP contribution < -0.4 is 4.90 Å². The van der Waals surface area contributed by atoms with Crippen molar-refractivity contribution in [2.45, 2.75) is 25.8 Å². The number of aromatic nitrogens is 1. The van der Waals surface area contributed by atoms with Gasteiger partial charge >= 0.3 is 5.97 Å². The number of hydrogen-bond donors (Lipinski definition) is 1. The van der Waals surface area contributed by atoms with Gasteiger partial charge in [0.2, 0.25) is 0 Å². The minimum Gasteiger partial charge on any atom is -0.481 e. The van der Waals surface area contributed by atoms with E-state index >= 15 is 0 Å². The van der Waals surface area contributed by atoms with Crippen LogP contribution in [0.3, 0.4) is 0 Å². The summed E-state index contributed by atoms with van der Waals surface area (Å²) >= 11 is 3.35. The molecule has 19 heavy (non-hydrogen) atoms. The molecular formula is C13H14N2O2S2. The zero-order valence-electron chi connectivity index (χ0n) is 10.5. The Morgan fingerprint density at radius 2 is 2.42 bits per heavy atom. The lowest BCUT2D eigenvalue weighted by molar-refractivity contribution is -0.136. The maximum absolute atomic E-state index is 10.7. The summed E-state index contributed by atoms with van der Waals surface area (Å²) in [6.07, 6.45) is 1.05. The predicted molar refractivity (Wildman–Crippen MR) is 77.2 cm³/mol. The van der Waals surface area contributed by atoms with Gasteiger partial charge < -0.3 is 10.0 Å². The number of carboxylic acids is 1. The lowest BCUT2D eigenvalue weighted by Gasteiger charge is -2.33. The molecule has 4 nitrogen and oxygen atoms in total. The molecule has 1 aliphatic heterocycles. The van der Waals surface area contributed by atoms with Crippen molar-refractivity contribution in [2.24, 2.45) is 0 Å². The van der Waals surface area contributed by atoms with E-state index in [0.29, 0.717) is 11.7 Å². The molecule has 3 heterocycles. The third kappa shape index (κ3) is 2.37. The molecule has 100 valence electrons. The Balaban J connectivity index is 1.83. The number of aliphatic carboxylic acids is 1. The summed E-state index contributed by atoms with van der Waals surface area (Å²) in [5, 5.41) is 13.7. The molecule has 0 spiro atoms. The first-order valence-electron chi connectivity index (χ1n) is 6.14. The number of anilines is 1. The average Bonchev–Trinajstić information content (AvgIpc) is 2.97. The minimum atomic E-state index is -0.830. The fourth-order valence-electron chi connectivity index (χ4n) is 2.44. The predicted octanol–water partition coefficient (Wildman–Crippen LogP) is 2.96. The van der Waals surface area contributed by atoms with Crippen LogP contribution in [0.25, 0.3) is 0 Å². The largest absolute Gasteiger partial charge is 0.481 e. The second kappa shape index (κ2) is 4.94. The van der Waals surface area contributed by atoms with Crippen LogP contribution in [0, 0.1) is 0 Å². The van der Waals surface area contributed by atoms with Gasteiger partial charge in [-0.25, -0.2) is 4.98 Å². The van der Waals surface area contributed by atoms with Gasteiger partial charge in [-0.05, 0) is 30.4 Å². The van der Waals surface area contributed by atoms with Crippen LogP contribution in [-0.2, 0) is 17.6 Å². The standard InChI is InChI=1S/C13H14N2O2S2/c1-8-10-3-5-18-11(10)2-4-15(8)13-14-9(7-19-13)6-12(16)17/h3,5,7-8H,2,4,6H2,1H3,(H,16,17). The van der Waals surface area contributed by atoms with Crippen LogP contribution in [0.2, 0.25) is 0 Å². The maximum atomic E-state index is 10.7. The highest BCUT2D eigenvalue weighted by Gasteiger charge is 2.26. The number of rotatable bonds is 3. The molecule has 1 aliphatic rings. The lowest BCUT2D eigenvalue weighted by atomic mass is 10.0. The Morgan fingerprint density at radius 1 is 1.58 bits per heavy atom. The van der Waals surface area contributed by atoms with E-state index in [2.05, 4.69) is 28.3 Å². The summed E-state index contributed by atoms with van der Waals surface area (Å²) < 4.78 is 0. The maximum Gasteiger partial charge on any atom is 0.309 e. The van der Waals surface area contributed by atoms with Gasteiger partial charge in [0.15, 0.2) is 5.13 Å². The van der Waals surface area contributed by atoms with Crippen molar-refractivity contribution in [3.63, 3.8) is 0 Å². The van der Waals surface area contributed by atoms with E-state index in [1.165, 1.54) is 21.8 Å². The van der Waals surface area contributed by atoms with Gasteiger partial charge in [0, 0.05) is 16.8 Å². The lowest BCUT2D eigenvalue weighted by Crippen LogP contribution is -2.33. The average molecular weight is 294 g/mol. The van der Waals surface area contributed by atoms with Gasteiger partial charge in [0.1, 0.15) is 0 Å². The molecule has 2 aromatic rings. The van der Waals surface area contributed by atoms with Crippen LogP contribution in [0.4, 0.5) is 5.13 Å². The van der Waals surface area contributed by atoms with Crippen LogP contribution in [-0.4, -0.2) is 22.6 Å². The molecule has 0 aromatic carbocycles. The van der Waals surface area contributed by atoms with Crippen molar-refractivity contribution in [2.75, 3.05) is 11.4 Å². The highest BCUT2D eigenvalue weighted by molar-refractivity contribution is 7.13. The van der Waals surface area contributed by atoms with Gasteiger partial charge in [-0.2, -0.15) is 0 Å². The van der Waals surface area contributed by atoms with Gasteiger partial charge in [0.05, 0.1) is 18.2 Å². The first-order chi connectivity index (χ1) is 9.15. The molecule has 6 heteroatoms. The Labute approximate surface area is 119 Å². The molecule has 0 amide bonds. The fraction of sp³-hybridized carbons (Fsp3) is 0.385. The molecule has 1 unspecified atom stereocenters. The van der Waals surface area contributed by atoms with E-state index < -0.39 is 5.97 Å². The third-order valence-corrected chi connectivity index (χ3v) is 5.32. The molecule has 1 N–H and O–H groups in total. The zero-order valence-corrected chi connectivity index (χ0v) is 12.1. The van der Waals surface area contributed by atoms with Crippen LogP contribution in [0.15, 0.2) is 16.8 Å². The second-order valence-electron chi connectivity index (χ2n) is 4.61. The SMILES string of the molecule is CC1c2ccsc2CCN1c1nc(CC(=O)O)cs1. The Hall–Kier alpha value is -1.40. The molecule has 0 bridgehead atoms. The van der Waals surface area contributed by atoms with Gasteiger partial charge in [-0.3, -0.25) is 4.79 Å². The molecule has 1 atom stereocenters. The van der Waals surface area contributed by atoms with Crippen molar-refractivity contribution >= 4 is 33.8 Å². The van der Waals surface area contributed by atoms with E-state index in [4.69, 9.17) is 5.11 Å². The molecule has 3 rings (SSSR count). The molecule has 0 fully saturated rings. The topological polar surface area (TPSA) is 53.4 Å². The number of carbonyl (C=O) groups is 1. The Kier molecular flexibility index (Phi) is 3.28. The normalized spacial score (nSPS) is 18.4. The number of nitrogens with zero attached hydrogens (tertiary/aromatic N) is 2. The van der Waals surface area contributed by atoms with E-state index in [9.17, 15) is 4.79 Å². The van der Waals surface area contributed by atoms with Crippen LogP contribution in [0.1, 0.15) is 29.1 Å². The van der Waals surface area contributed by atoms with Crippen LogP contribution >= 0.6 is 22.7 Å². The quantitative estimate of drug-likeness (QED) is 0.945. The summed E-state index contributed by atoms with van der Waals surface area (Å²) in [6, 6.07) is 2.50. The smallest absolute Gasteiger partial charge is 0.309 e. The minimum absolute atomic E-state index is 0.00240. The van der Waals surface area contributed by atoms with Crippen molar-refractivity contribution in [3.8, 4) is 0 Å². The summed E-state index contributed by atoms with van der Waals surface area (Å²) in [4.78, 5) is 18.9. The highest BCUT2D eigenvalue weighted by atomic mass is 32.1. The number of fused-ring (bicyclic) bond motifs is 1. The van der Waals surface area contributed by atoms with Crippen molar-refractivity contribution < 1.29 is 9.90 Å². The summed E-state index contributed by atoms with van der Waals surface area (Å²) in [6.45, 7) is 3.14. The molecule has 0 radical (unpaired) electrons. The van der Waals surface area contributed by atoms with E-state index in [1.807, 2.05) is 16.7 Å². The molecule has 2 aromatic heterocycles. The van der Waals surface area contributed by atoms with Gasteiger partial charge in [0.25, 0.3) is 0 Å². The molecule has 0 saturated carbocycles. The molecule has 0 saturated heterocycles. The van der Waals surface area contributed by atoms with Crippen molar-refractivity contribution in [1.82, 2.24) is 4.98 Å². The van der Waals surface area contributed by atoms with E-state index in [0.717, 1.165) is 18.1 Å². The van der Waals surface area contributed by atoms with Gasteiger partial charge in [-0.1, -0.05) is 0 Å². The number of thiophene rings is 1. The first-order valence-corrected chi connectivity index (χ1v) is 7.90. The summed E-state index contributed by atoms with van der Waals surface area (Å²) in [7, 11) is 0. The molecule has 0 aliphatic carbocycles. The molecular weight excluding hydrogens is 280 g/mol. The van der Waals surface area contributed by atoms with Crippen molar-refractivity contribution in [3.05, 3.63) is 33.0 Å². The fourth-order valence-corrected chi connectivity index (χ4v) is 4.33. The highest BCUT2D eigenvalue weighted by Crippen LogP contribution is 2.37. The van der Waals surface area contributed by atoms with E-state index in [1.54, 1.807) is 0 Å². The zero-order chi connectivity index (χ0) is 13.4. The number of carboxylic acid groups (broad SMARTS) is 1. The number of thiazole rings is 1. The van der Waals surface area contributed by atoms with Crippen molar-refractivity contribution in [1.29, 1.82) is 0 Å².